The van der Waals surface area contributed by atoms with E-state index in [1.165, 1.54) is 167 Å². The van der Waals surface area contributed by atoms with Crippen molar-refractivity contribution >= 4 is 39.5 Å². The van der Waals surface area contributed by atoms with Crippen LogP contribution in [-0.4, -0.2) is 96.7 Å². The van der Waals surface area contributed by atoms with Crippen LogP contribution in [0.5, 0.6) is 0 Å². The van der Waals surface area contributed by atoms with Gasteiger partial charge < -0.3 is 33.8 Å². The Morgan fingerprint density at radius 2 is 0.535 bits per heavy atom. The fourth-order valence-electron chi connectivity index (χ4n) is 10.1. The molecule has 2 unspecified atom stereocenters. The molecule has 0 aromatic rings. The summed E-state index contributed by atoms with van der Waals surface area (Å²) in [5.74, 6) is -1.46. The van der Waals surface area contributed by atoms with Gasteiger partial charge in [0.25, 0.3) is 0 Å². The monoisotopic (exact) mass is 1270 g/mol. The molecule has 0 spiro atoms. The highest BCUT2D eigenvalue weighted by Gasteiger charge is 2.30. The third-order valence-corrected chi connectivity index (χ3v) is 17.4. The summed E-state index contributed by atoms with van der Waals surface area (Å²) >= 11 is 0. The number of hydrogen-bond donors (Lipinski definition) is 3. The van der Waals surface area contributed by atoms with Gasteiger partial charge in [-0.15, -0.1) is 0 Å². The molecule has 0 aliphatic heterocycles. The fourth-order valence-corrected chi connectivity index (χ4v) is 11.7. The Morgan fingerprint density at radius 1 is 0.314 bits per heavy atom. The number of phosphoric ester groups is 2. The number of esters is 4. The van der Waals surface area contributed by atoms with Gasteiger partial charge in [0.1, 0.15) is 19.3 Å². The van der Waals surface area contributed by atoms with Crippen LogP contribution in [0.3, 0.4) is 0 Å². The molecule has 0 bridgehead atoms. The summed E-state index contributed by atoms with van der Waals surface area (Å²) in [7, 11) is -9.89. The van der Waals surface area contributed by atoms with Gasteiger partial charge in [0.05, 0.1) is 26.4 Å². The molecule has 0 saturated heterocycles. The largest absolute Gasteiger partial charge is 0.472 e. The van der Waals surface area contributed by atoms with E-state index >= 15 is 0 Å². The molecule has 0 radical (unpaired) electrons. The van der Waals surface area contributed by atoms with Crippen LogP contribution in [0.15, 0.2) is 0 Å². The van der Waals surface area contributed by atoms with Crippen LogP contribution in [0.4, 0.5) is 0 Å². The van der Waals surface area contributed by atoms with E-state index in [0.717, 1.165) is 89.9 Å². The minimum Gasteiger partial charge on any atom is -0.462 e. The molecular formula is C67H130O17P2. The van der Waals surface area contributed by atoms with Crippen LogP contribution in [-0.2, 0) is 65.4 Å². The van der Waals surface area contributed by atoms with Crippen molar-refractivity contribution in [2.45, 2.75) is 361 Å². The molecule has 0 aliphatic carbocycles. The summed E-state index contributed by atoms with van der Waals surface area (Å²) in [4.78, 5) is 72.3. The van der Waals surface area contributed by atoms with Gasteiger partial charge in [-0.1, -0.05) is 291 Å². The molecule has 0 aromatic heterocycles. The number of rotatable bonds is 67. The molecule has 510 valence electrons. The van der Waals surface area contributed by atoms with Crippen LogP contribution >= 0.6 is 15.6 Å². The number of unbranched alkanes of at least 4 members (excludes halogenated alkanes) is 39. The predicted molar refractivity (Wildman–Crippen MR) is 345 cm³/mol. The lowest BCUT2D eigenvalue weighted by Crippen LogP contribution is -2.30. The van der Waals surface area contributed by atoms with E-state index in [9.17, 15) is 43.2 Å². The van der Waals surface area contributed by atoms with E-state index in [4.69, 9.17) is 37.0 Å². The normalized spacial score (nSPS) is 14.2. The average Bonchev–Trinajstić information content (AvgIpc) is 3.62. The van der Waals surface area contributed by atoms with Crippen LogP contribution in [0.2, 0.25) is 0 Å². The van der Waals surface area contributed by atoms with Crippen LogP contribution in [0.25, 0.3) is 0 Å². The Balaban J connectivity index is 5.22. The second-order valence-electron chi connectivity index (χ2n) is 24.7. The van der Waals surface area contributed by atoms with Crippen molar-refractivity contribution in [1.29, 1.82) is 0 Å². The third kappa shape index (κ3) is 60.9. The predicted octanol–water partition coefficient (Wildman–Crippen LogP) is 19.0. The second-order valence-corrected chi connectivity index (χ2v) is 27.6. The standard InChI is InChI=1S/C67H130O17P2/c1-6-9-12-15-18-21-23-25-26-28-30-33-36-42-47-52-66(71)83-62(56-78-65(70)51-46-41-35-32-29-27-24-22-19-16-13-10-7-2)58-81-85(73,74)79-54-61(68)55-80-86(75,76)82-59-63(84-67(72)53-48-43-38-37-39-44-49-60(4)5)57-77-64(69)50-45-40-34-31-20-17-14-11-8-3/h60-63,68H,6-59H2,1-5H3,(H,73,74)(H,75,76)/t61-,62-,63-/m1/s1. The fraction of sp³-hybridized carbons (Fsp3) is 0.940. The van der Waals surface area contributed by atoms with Crippen molar-refractivity contribution in [1.82, 2.24) is 0 Å². The van der Waals surface area contributed by atoms with Gasteiger partial charge in [0, 0.05) is 25.7 Å². The van der Waals surface area contributed by atoms with Crippen LogP contribution < -0.4 is 0 Å². The number of aliphatic hydroxyl groups is 1. The number of aliphatic hydroxyl groups excluding tert-OH is 1. The molecule has 0 amide bonds. The summed E-state index contributed by atoms with van der Waals surface area (Å²) in [6.07, 6.45) is 45.9. The van der Waals surface area contributed by atoms with Gasteiger partial charge in [0.15, 0.2) is 12.2 Å². The van der Waals surface area contributed by atoms with Gasteiger partial charge in [-0.3, -0.25) is 37.3 Å². The number of hydrogen-bond acceptors (Lipinski definition) is 15. The molecule has 19 heteroatoms. The van der Waals surface area contributed by atoms with Crippen LogP contribution in [0, 0.1) is 5.92 Å². The molecule has 5 atom stereocenters. The molecule has 0 aromatic carbocycles. The first-order valence-corrected chi connectivity index (χ1v) is 38.1. The zero-order valence-electron chi connectivity index (χ0n) is 55.4. The zero-order valence-corrected chi connectivity index (χ0v) is 57.2. The first-order chi connectivity index (χ1) is 41.5. The zero-order chi connectivity index (χ0) is 63.5. The van der Waals surface area contributed by atoms with E-state index in [2.05, 4.69) is 34.6 Å². The average molecular weight is 1270 g/mol. The smallest absolute Gasteiger partial charge is 0.462 e. The Kier molecular flexibility index (Phi) is 59.2. The van der Waals surface area contributed by atoms with Gasteiger partial charge in [-0.2, -0.15) is 0 Å². The Hall–Kier alpha value is -1.94. The van der Waals surface area contributed by atoms with E-state index in [0.29, 0.717) is 31.6 Å². The summed E-state index contributed by atoms with van der Waals surface area (Å²) in [6, 6.07) is 0. The topological polar surface area (TPSA) is 237 Å². The van der Waals surface area contributed by atoms with E-state index in [1.807, 2.05) is 0 Å². The Morgan fingerprint density at radius 3 is 0.791 bits per heavy atom. The van der Waals surface area contributed by atoms with Crippen molar-refractivity contribution in [3.05, 3.63) is 0 Å². The van der Waals surface area contributed by atoms with Gasteiger partial charge in [-0.25, -0.2) is 9.13 Å². The second kappa shape index (κ2) is 60.6. The molecular weight excluding hydrogens is 1140 g/mol. The molecule has 86 heavy (non-hydrogen) atoms. The lowest BCUT2D eigenvalue weighted by atomic mass is 10.0. The summed E-state index contributed by atoms with van der Waals surface area (Å²) in [5.41, 5.74) is 0. The first kappa shape index (κ1) is 84.1. The minimum atomic E-state index is -4.95. The first-order valence-electron chi connectivity index (χ1n) is 35.1. The van der Waals surface area contributed by atoms with E-state index in [1.54, 1.807) is 0 Å². The number of ether oxygens (including phenoxy) is 4. The minimum absolute atomic E-state index is 0.102. The molecule has 0 saturated carbocycles. The third-order valence-electron chi connectivity index (χ3n) is 15.5. The van der Waals surface area contributed by atoms with E-state index in [-0.39, 0.29) is 25.7 Å². The number of carbonyl (C=O) groups excluding carboxylic acids is 4. The maximum Gasteiger partial charge on any atom is 0.472 e. The number of phosphoric acid groups is 2. The van der Waals surface area contributed by atoms with Gasteiger partial charge in [0.2, 0.25) is 0 Å². The quantitative estimate of drug-likeness (QED) is 0.0222. The van der Waals surface area contributed by atoms with Crippen molar-refractivity contribution in [2.75, 3.05) is 39.6 Å². The summed E-state index contributed by atoms with van der Waals surface area (Å²) in [6.45, 7) is 7.12. The summed E-state index contributed by atoms with van der Waals surface area (Å²) < 4.78 is 68.1. The van der Waals surface area contributed by atoms with Crippen molar-refractivity contribution < 1.29 is 80.2 Å². The Labute approximate surface area is 524 Å². The van der Waals surface area contributed by atoms with Crippen molar-refractivity contribution in [3.8, 4) is 0 Å². The SMILES string of the molecule is CCCCCCCCCCCCCCCCCC(=O)O[C@H](COC(=O)CCCCCCCCCCCCCCC)COP(=O)(O)OC[C@@H](O)COP(=O)(O)OC[C@@H](COC(=O)CCCCCCCCCCC)OC(=O)CCCCCCCCC(C)C. The van der Waals surface area contributed by atoms with Gasteiger partial charge in [-0.05, 0) is 31.6 Å². The van der Waals surface area contributed by atoms with Crippen LogP contribution in [0.1, 0.15) is 343 Å². The highest BCUT2D eigenvalue weighted by atomic mass is 31.2. The lowest BCUT2D eigenvalue weighted by Gasteiger charge is -2.21. The van der Waals surface area contributed by atoms with Gasteiger partial charge >= 0.3 is 39.5 Å². The van der Waals surface area contributed by atoms with Crippen molar-refractivity contribution in [3.63, 3.8) is 0 Å². The molecule has 0 fully saturated rings. The molecule has 0 aliphatic rings. The lowest BCUT2D eigenvalue weighted by molar-refractivity contribution is -0.161. The Bertz CT molecular complexity index is 1670. The molecule has 3 N–H and O–H groups in total. The van der Waals surface area contributed by atoms with E-state index < -0.39 is 97.5 Å². The molecule has 0 rings (SSSR count). The highest BCUT2D eigenvalue weighted by Crippen LogP contribution is 2.45. The van der Waals surface area contributed by atoms with Crippen molar-refractivity contribution in [2.24, 2.45) is 5.92 Å². The molecule has 0 heterocycles. The summed E-state index contributed by atoms with van der Waals surface area (Å²) in [5, 5.41) is 10.6. The maximum absolute atomic E-state index is 13.0. The highest BCUT2D eigenvalue weighted by molar-refractivity contribution is 7.47. The molecule has 17 nitrogen and oxygen atoms in total. The number of carbonyl (C=O) groups is 4. The maximum atomic E-state index is 13.0.